The fourth-order valence-electron chi connectivity index (χ4n) is 5.71. The Bertz CT molecular complexity index is 1300. The third-order valence-electron chi connectivity index (χ3n) is 7.96. The van der Waals surface area contributed by atoms with Crippen LogP contribution >= 0.6 is 8.25 Å². The van der Waals surface area contributed by atoms with Crippen LogP contribution in [0.1, 0.15) is 29.5 Å². The summed E-state index contributed by atoms with van der Waals surface area (Å²) in [6, 6.07) is 24.3. The van der Waals surface area contributed by atoms with Crippen LogP contribution < -0.4 is 9.47 Å². The number of rotatable bonds is 14. The second-order valence-electron chi connectivity index (χ2n) is 10.6. The van der Waals surface area contributed by atoms with Gasteiger partial charge in [0.2, 0.25) is 0 Å². The zero-order valence-corrected chi connectivity index (χ0v) is 26.0. The van der Waals surface area contributed by atoms with E-state index in [-0.39, 0.29) is 19.3 Å². The van der Waals surface area contributed by atoms with E-state index in [1.807, 2.05) is 78.9 Å². The summed E-state index contributed by atoms with van der Waals surface area (Å²) in [5.74, 6) is 1.43. The molecule has 4 radical (unpaired) electrons. The zero-order chi connectivity index (χ0) is 31.1. The lowest BCUT2D eigenvalue weighted by Crippen LogP contribution is -2.38. The van der Waals surface area contributed by atoms with E-state index in [1.165, 1.54) is 0 Å². The molecule has 3 unspecified atom stereocenters. The van der Waals surface area contributed by atoms with Crippen LogP contribution in [0.5, 0.6) is 11.5 Å². The molecule has 2 saturated heterocycles. The standard InChI is InChI=1S/C32H36B2O9P/c1-36-24-13-9-22(10-14-24)32(21-7-5-4-6-8-21,23-11-15-25(37-2)16-12-23)39-19-28-27(18-31(34)41-28)43-44(35)40-20-29-26(38-3)17-30(33)42-29/h4-16,26-31H,17-20H2,1-3H3/q+1/t26?,27?,28-,29-,30-,31-/m1/s1. The van der Waals surface area contributed by atoms with Gasteiger partial charge in [-0.2, -0.15) is 0 Å². The Balaban J connectivity index is 1.39. The minimum Gasteiger partial charge on any atom is -0.497 e. The van der Waals surface area contributed by atoms with Crippen LogP contribution in [-0.2, 0) is 38.2 Å². The number of methoxy groups -OCH3 is 3. The van der Waals surface area contributed by atoms with E-state index >= 15 is 0 Å². The molecule has 2 aliphatic heterocycles. The molecule has 3 aromatic carbocycles. The van der Waals surface area contributed by atoms with Crippen molar-refractivity contribution in [2.45, 2.75) is 54.9 Å². The third kappa shape index (κ3) is 7.37. The predicted molar refractivity (Wildman–Crippen MR) is 166 cm³/mol. The van der Waals surface area contributed by atoms with Gasteiger partial charge in [0.1, 0.15) is 57.7 Å². The van der Waals surface area contributed by atoms with Crippen molar-refractivity contribution in [2.24, 2.45) is 0 Å². The minimum absolute atomic E-state index is 0.00820. The van der Waals surface area contributed by atoms with Crippen LogP contribution in [0.15, 0.2) is 78.9 Å². The van der Waals surface area contributed by atoms with Crippen LogP contribution in [0.2, 0.25) is 0 Å². The highest BCUT2D eigenvalue weighted by Gasteiger charge is 2.45. The van der Waals surface area contributed by atoms with E-state index in [0.29, 0.717) is 12.8 Å². The van der Waals surface area contributed by atoms with Crippen molar-refractivity contribution < 1.29 is 42.0 Å². The maximum atomic E-state index is 12.9. The van der Waals surface area contributed by atoms with E-state index in [0.717, 1.165) is 28.2 Å². The number of ether oxygens (including phenoxy) is 6. The lowest BCUT2D eigenvalue weighted by molar-refractivity contribution is -0.0714. The fourth-order valence-corrected chi connectivity index (χ4v) is 6.48. The van der Waals surface area contributed by atoms with Crippen molar-refractivity contribution >= 4 is 23.9 Å². The fraction of sp³-hybridized carbons (Fsp3) is 0.438. The number of benzene rings is 3. The van der Waals surface area contributed by atoms with Crippen molar-refractivity contribution in [3.05, 3.63) is 95.6 Å². The average Bonchev–Trinajstić information content (AvgIpc) is 3.61. The highest BCUT2D eigenvalue weighted by atomic mass is 31.1. The van der Waals surface area contributed by atoms with Crippen LogP contribution in [0.3, 0.4) is 0 Å². The predicted octanol–water partition coefficient (Wildman–Crippen LogP) is 4.65. The quantitative estimate of drug-likeness (QED) is 0.146. The van der Waals surface area contributed by atoms with Gasteiger partial charge in [-0.05, 0) is 53.8 Å². The first-order chi connectivity index (χ1) is 21.4. The van der Waals surface area contributed by atoms with E-state index in [1.54, 1.807) is 21.3 Å². The van der Waals surface area contributed by atoms with E-state index < -0.39 is 44.2 Å². The van der Waals surface area contributed by atoms with Gasteiger partial charge in [0.15, 0.2) is 0 Å². The molecule has 0 saturated carbocycles. The third-order valence-corrected chi connectivity index (χ3v) is 8.77. The van der Waals surface area contributed by atoms with Crippen LogP contribution in [0, 0.1) is 0 Å². The molecule has 44 heavy (non-hydrogen) atoms. The lowest BCUT2D eigenvalue weighted by Gasteiger charge is -2.37. The maximum absolute atomic E-state index is 12.9. The summed E-state index contributed by atoms with van der Waals surface area (Å²) in [5, 5.41) is 0. The molecule has 228 valence electrons. The Hall–Kier alpha value is -2.75. The van der Waals surface area contributed by atoms with E-state index in [4.69, 9.17) is 53.2 Å². The Labute approximate surface area is 262 Å². The SMILES string of the molecule is [B][C@H]1CC(OC)[C@@H](CO[P+](=O)OC2C[C@H]([B])O[C@@H]2COC(c2ccccc2)(c2ccc(OC)cc2)c2ccc(OC)cc2)O1. The van der Waals surface area contributed by atoms with Crippen LogP contribution in [0.25, 0.3) is 0 Å². The van der Waals surface area contributed by atoms with E-state index in [2.05, 4.69) is 0 Å². The Morgan fingerprint density at radius 1 is 0.727 bits per heavy atom. The lowest BCUT2D eigenvalue weighted by atomic mass is 9.80. The smallest absolute Gasteiger partial charge is 0.497 e. The van der Waals surface area contributed by atoms with Crippen molar-refractivity contribution in [1.29, 1.82) is 0 Å². The molecule has 0 amide bonds. The largest absolute Gasteiger partial charge is 0.697 e. The summed E-state index contributed by atoms with van der Waals surface area (Å²) in [6.45, 7) is 0.0785. The number of hydrogen-bond acceptors (Lipinski definition) is 9. The van der Waals surface area contributed by atoms with Crippen LogP contribution in [0.4, 0.5) is 0 Å². The Morgan fingerprint density at radius 3 is 1.75 bits per heavy atom. The van der Waals surface area contributed by atoms with Gasteiger partial charge in [-0.15, -0.1) is 9.05 Å². The Morgan fingerprint density at radius 2 is 1.23 bits per heavy atom. The molecule has 7 atom stereocenters. The first kappa shape index (κ1) is 32.6. The van der Waals surface area contributed by atoms with Crippen LogP contribution in [-0.4, -0.2) is 86.7 Å². The van der Waals surface area contributed by atoms with Gasteiger partial charge in [-0.25, -0.2) is 0 Å². The molecule has 2 heterocycles. The van der Waals surface area contributed by atoms with Gasteiger partial charge < -0.3 is 28.4 Å². The monoisotopic (exact) mass is 617 g/mol. The average molecular weight is 617 g/mol. The first-order valence-corrected chi connectivity index (χ1v) is 15.6. The normalized spacial score (nSPS) is 25.6. The molecule has 2 aliphatic rings. The van der Waals surface area contributed by atoms with Gasteiger partial charge in [-0.1, -0.05) is 54.6 Å². The molecule has 0 spiro atoms. The summed E-state index contributed by atoms with van der Waals surface area (Å²) in [5.41, 5.74) is 1.57. The molecule has 5 rings (SSSR count). The summed E-state index contributed by atoms with van der Waals surface area (Å²) in [7, 11) is 14.4. The molecule has 0 aliphatic carbocycles. The molecule has 3 aromatic rings. The van der Waals surface area contributed by atoms with Crippen molar-refractivity contribution in [3.8, 4) is 11.5 Å². The van der Waals surface area contributed by atoms with Gasteiger partial charge in [0.05, 0.1) is 26.9 Å². The maximum Gasteiger partial charge on any atom is 0.697 e. The van der Waals surface area contributed by atoms with E-state index in [9.17, 15) is 4.57 Å². The molecule has 2 fully saturated rings. The molecule has 0 bridgehead atoms. The van der Waals surface area contributed by atoms with Crippen molar-refractivity contribution in [3.63, 3.8) is 0 Å². The molecular weight excluding hydrogens is 581 g/mol. The molecule has 0 aromatic heterocycles. The number of hydrogen-bond donors (Lipinski definition) is 0. The van der Waals surface area contributed by atoms with Crippen molar-refractivity contribution in [1.82, 2.24) is 0 Å². The molecule has 9 nitrogen and oxygen atoms in total. The second kappa shape index (κ2) is 15.0. The summed E-state index contributed by atoms with van der Waals surface area (Å²) >= 11 is 0. The molecule has 12 heteroatoms. The van der Waals surface area contributed by atoms with Gasteiger partial charge in [0, 0.05) is 23.7 Å². The minimum atomic E-state index is -2.52. The van der Waals surface area contributed by atoms with Gasteiger partial charge in [0.25, 0.3) is 0 Å². The first-order valence-electron chi connectivity index (χ1n) is 14.5. The zero-order valence-electron chi connectivity index (χ0n) is 25.1. The second-order valence-corrected chi connectivity index (χ2v) is 11.6. The highest BCUT2D eigenvalue weighted by molar-refractivity contribution is 7.33. The Kier molecular flexibility index (Phi) is 11.1. The summed E-state index contributed by atoms with van der Waals surface area (Å²) in [6.07, 6.45) is -1.13. The summed E-state index contributed by atoms with van der Waals surface area (Å²) < 4.78 is 59.1. The summed E-state index contributed by atoms with van der Waals surface area (Å²) in [4.78, 5) is 0. The van der Waals surface area contributed by atoms with Gasteiger partial charge in [-0.3, -0.25) is 0 Å². The van der Waals surface area contributed by atoms with Gasteiger partial charge >= 0.3 is 8.25 Å². The molecule has 0 N–H and O–H groups in total. The highest BCUT2D eigenvalue weighted by Crippen LogP contribution is 2.43. The molecular formula is C32H36B2O9P+. The topological polar surface area (TPSA) is 90.9 Å². The van der Waals surface area contributed by atoms with Crippen molar-refractivity contribution in [2.75, 3.05) is 34.5 Å².